The van der Waals surface area contributed by atoms with E-state index in [1.807, 2.05) is 39.0 Å². The van der Waals surface area contributed by atoms with Gasteiger partial charge in [-0.05, 0) is 116 Å². The predicted octanol–water partition coefficient (Wildman–Crippen LogP) is 12.3. The zero-order chi connectivity index (χ0) is 35.3. The first-order chi connectivity index (χ1) is 24.1. The molecule has 0 radical (unpaired) electrons. The molecule has 7 aromatic rings. The van der Waals surface area contributed by atoms with Crippen molar-refractivity contribution in [3.63, 3.8) is 0 Å². The van der Waals surface area contributed by atoms with Crippen molar-refractivity contribution in [2.45, 2.75) is 41.5 Å². The molecular weight excluding hydrogens is 615 g/mol. The molecule has 0 aliphatic rings. The Morgan fingerprint density at radius 1 is 0.380 bits per heavy atom. The van der Waals surface area contributed by atoms with Gasteiger partial charge >= 0.3 is 0 Å². The molecule has 0 saturated carbocycles. The van der Waals surface area contributed by atoms with Crippen molar-refractivity contribution < 1.29 is 15.3 Å². The van der Waals surface area contributed by atoms with Gasteiger partial charge in [0.25, 0.3) is 0 Å². The number of rotatable bonds is 6. The van der Waals surface area contributed by atoms with Crippen LogP contribution in [0.3, 0.4) is 0 Å². The number of phenols is 3. The van der Waals surface area contributed by atoms with E-state index < -0.39 is 0 Å². The van der Waals surface area contributed by atoms with Crippen LogP contribution in [0.25, 0.3) is 44.2 Å². The van der Waals surface area contributed by atoms with Crippen molar-refractivity contribution in [3.8, 4) is 50.6 Å². The number of aromatic hydroxyl groups is 3. The third-order valence-electron chi connectivity index (χ3n) is 10.2. The summed E-state index contributed by atoms with van der Waals surface area (Å²) >= 11 is 0. The van der Waals surface area contributed by atoms with Gasteiger partial charge in [-0.2, -0.15) is 0 Å². The first kappa shape index (κ1) is 32.5. The van der Waals surface area contributed by atoms with E-state index in [1.165, 1.54) is 22.3 Å². The highest BCUT2D eigenvalue weighted by molar-refractivity contribution is 6.09. The Hall–Kier alpha value is -6.00. The Kier molecular flexibility index (Phi) is 8.33. The maximum Gasteiger partial charge on any atom is 0.130 e. The fraction of sp³-hybridized carbons (Fsp3) is 0.130. The maximum absolute atomic E-state index is 11.6. The summed E-state index contributed by atoms with van der Waals surface area (Å²) in [4.78, 5) is 2.12. The molecule has 0 spiro atoms. The summed E-state index contributed by atoms with van der Waals surface area (Å²) in [5.74, 6) is 0.119. The smallest absolute Gasteiger partial charge is 0.130 e. The molecule has 0 aromatic heterocycles. The lowest BCUT2D eigenvalue weighted by Gasteiger charge is -2.31. The number of fused-ring (bicyclic) bond motifs is 1. The minimum absolute atomic E-state index is 0.0318. The van der Waals surface area contributed by atoms with E-state index >= 15 is 0 Å². The van der Waals surface area contributed by atoms with Crippen LogP contribution >= 0.6 is 0 Å². The third-order valence-corrected chi connectivity index (χ3v) is 10.2. The van der Waals surface area contributed by atoms with Gasteiger partial charge in [0.05, 0.1) is 5.69 Å². The van der Waals surface area contributed by atoms with Crippen LogP contribution < -0.4 is 4.90 Å². The van der Waals surface area contributed by atoms with Crippen LogP contribution in [0.5, 0.6) is 17.2 Å². The zero-order valence-electron chi connectivity index (χ0n) is 29.3. The fourth-order valence-corrected chi connectivity index (χ4v) is 7.26. The molecule has 50 heavy (non-hydrogen) atoms. The molecule has 0 aliphatic heterocycles. The van der Waals surface area contributed by atoms with Crippen LogP contribution in [-0.4, -0.2) is 15.3 Å². The standard InChI is InChI=1S/C46H41NO3/c1-27-12-10-11-15-39(27)40-26-36(17-16-28(40)2)35-20-24-38(25-21-35)47(37-22-18-34(19-23-37)33-13-8-7-9-14-33)43-31(5)44(48)30(4)42-41(43)29(3)45(49)32(6)46(42)50/h7-26,48-50H,1-6H3. The lowest BCUT2D eigenvalue weighted by Crippen LogP contribution is -2.13. The topological polar surface area (TPSA) is 63.9 Å². The average molecular weight is 656 g/mol. The number of hydrogen-bond acceptors (Lipinski definition) is 4. The molecular formula is C46H41NO3. The number of aryl methyl sites for hydroxylation is 4. The Balaban J connectivity index is 1.43. The molecule has 0 heterocycles. The second-order valence-corrected chi connectivity index (χ2v) is 13.3. The van der Waals surface area contributed by atoms with Crippen molar-refractivity contribution in [2.24, 2.45) is 0 Å². The molecule has 248 valence electrons. The van der Waals surface area contributed by atoms with Crippen LogP contribution in [0.15, 0.2) is 121 Å². The molecule has 3 N–H and O–H groups in total. The Labute approximate surface area is 294 Å². The maximum atomic E-state index is 11.6. The summed E-state index contributed by atoms with van der Waals surface area (Å²) in [6.45, 7) is 11.6. The molecule has 0 amide bonds. The second kappa shape index (κ2) is 12.8. The molecule has 0 atom stereocenters. The number of hydrogen-bond donors (Lipinski definition) is 3. The van der Waals surface area contributed by atoms with E-state index in [0.29, 0.717) is 38.7 Å². The van der Waals surface area contributed by atoms with Crippen molar-refractivity contribution in [3.05, 3.63) is 155 Å². The first-order valence-corrected chi connectivity index (χ1v) is 17.0. The number of nitrogens with zero attached hydrogens (tertiary/aromatic N) is 1. The van der Waals surface area contributed by atoms with Crippen molar-refractivity contribution >= 4 is 27.8 Å². The van der Waals surface area contributed by atoms with Crippen LogP contribution in [0.4, 0.5) is 17.1 Å². The molecule has 0 fully saturated rings. The Bertz CT molecular complexity index is 2380. The molecule has 0 saturated heterocycles. The summed E-state index contributed by atoms with van der Waals surface area (Å²) in [5.41, 5.74) is 14.0. The van der Waals surface area contributed by atoms with E-state index in [4.69, 9.17) is 0 Å². The van der Waals surface area contributed by atoms with Gasteiger partial charge < -0.3 is 20.2 Å². The van der Waals surface area contributed by atoms with Gasteiger partial charge in [-0.15, -0.1) is 0 Å². The van der Waals surface area contributed by atoms with Gasteiger partial charge in [0.15, 0.2) is 0 Å². The number of phenolic OH excluding ortho intramolecular Hbond substituents is 3. The van der Waals surface area contributed by atoms with E-state index in [-0.39, 0.29) is 17.2 Å². The number of anilines is 3. The quantitative estimate of drug-likeness (QED) is 0.167. The summed E-state index contributed by atoms with van der Waals surface area (Å²) in [6.07, 6.45) is 0. The molecule has 0 aliphatic carbocycles. The molecule has 7 aromatic carbocycles. The molecule has 0 bridgehead atoms. The third kappa shape index (κ3) is 5.43. The number of benzene rings is 7. The summed E-state index contributed by atoms with van der Waals surface area (Å²) in [7, 11) is 0. The Morgan fingerprint density at radius 2 is 0.860 bits per heavy atom. The summed E-state index contributed by atoms with van der Waals surface area (Å²) < 4.78 is 0. The highest BCUT2D eigenvalue weighted by Crippen LogP contribution is 2.52. The highest BCUT2D eigenvalue weighted by Gasteiger charge is 2.27. The fourth-order valence-electron chi connectivity index (χ4n) is 7.26. The predicted molar refractivity (Wildman–Crippen MR) is 208 cm³/mol. The molecule has 4 heteroatoms. The molecule has 4 nitrogen and oxygen atoms in total. The zero-order valence-corrected chi connectivity index (χ0v) is 29.3. The minimum Gasteiger partial charge on any atom is -0.507 e. The van der Waals surface area contributed by atoms with Gasteiger partial charge in [0.1, 0.15) is 17.2 Å². The van der Waals surface area contributed by atoms with Gasteiger partial charge in [-0.25, -0.2) is 0 Å². The van der Waals surface area contributed by atoms with Crippen molar-refractivity contribution in [1.82, 2.24) is 0 Å². The van der Waals surface area contributed by atoms with Gasteiger partial charge in [0.2, 0.25) is 0 Å². The van der Waals surface area contributed by atoms with E-state index in [1.54, 1.807) is 6.92 Å². The first-order valence-electron chi connectivity index (χ1n) is 17.0. The van der Waals surface area contributed by atoms with E-state index in [0.717, 1.165) is 33.6 Å². The normalized spacial score (nSPS) is 11.2. The van der Waals surface area contributed by atoms with Crippen molar-refractivity contribution in [2.75, 3.05) is 4.90 Å². The lowest BCUT2D eigenvalue weighted by molar-refractivity contribution is 0.443. The Morgan fingerprint density at radius 3 is 1.48 bits per heavy atom. The molecule has 7 rings (SSSR count). The van der Waals surface area contributed by atoms with Crippen LogP contribution in [-0.2, 0) is 0 Å². The van der Waals surface area contributed by atoms with Gasteiger partial charge in [-0.1, -0.05) is 91.0 Å². The van der Waals surface area contributed by atoms with Crippen LogP contribution in [0, 0.1) is 41.5 Å². The minimum atomic E-state index is -0.0318. The lowest BCUT2D eigenvalue weighted by atomic mass is 9.90. The SMILES string of the molecule is Cc1ccccc1-c1cc(-c2ccc(N(c3ccc(-c4ccccc4)cc3)c3c(C)c(O)c(C)c4c(O)c(C)c(O)c(C)c34)cc2)ccc1C. The largest absolute Gasteiger partial charge is 0.507 e. The van der Waals surface area contributed by atoms with Crippen molar-refractivity contribution in [1.29, 1.82) is 0 Å². The second-order valence-electron chi connectivity index (χ2n) is 13.3. The van der Waals surface area contributed by atoms with Gasteiger partial charge in [-0.3, -0.25) is 0 Å². The monoisotopic (exact) mass is 655 g/mol. The highest BCUT2D eigenvalue weighted by atomic mass is 16.3. The summed E-state index contributed by atoms with van der Waals surface area (Å²) in [6, 6.07) is 42.2. The van der Waals surface area contributed by atoms with Crippen LogP contribution in [0.1, 0.15) is 33.4 Å². The average Bonchev–Trinajstić information content (AvgIpc) is 3.14. The van der Waals surface area contributed by atoms with E-state index in [2.05, 4.69) is 122 Å². The summed E-state index contributed by atoms with van der Waals surface area (Å²) in [5, 5.41) is 35.4. The van der Waals surface area contributed by atoms with E-state index in [9.17, 15) is 15.3 Å². The molecule has 0 unspecified atom stereocenters. The van der Waals surface area contributed by atoms with Gasteiger partial charge in [0, 0.05) is 44.4 Å². The van der Waals surface area contributed by atoms with Crippen LogP contribution in [0.2, 0.25) is 0 Å².